The van der Waals surface area contributed by atoms with E-state index in [-0.39, 0.29) is 12.5 Å². The van der Waals surface area contributed by atoms with E-state index in [1.807, 2.05) is 17.7 Å². The summed E-state index contributed by atoms with van der Waals surface area (Å²) < 4.78 is 3.45. The van der Waals surface area contributed by atoms with Crippen LogP contribution < -0.4 is 10.6 Å². The molecule has 24 heavy (non-hydrogen) atoms. The fourth-order valence-corrected chi connectivity index (χ4v) is 2.21. The molecule has 0 bridgehead atoms. The molecular formula is C15H18N8O. The maximum absolute atomic E-state index is 11.4. The molecule has 0 fully saturated rings. The zero-order valence-corrected chi connectivity index (χ0v) is 13.5. The number of imidazole rings is 1. The van der Waals surface area contributed by atoms with Gasteiger partial charge in [-0.05, 0) is 6.92 Å². The monoisotopic (exact) mass is 326 g/mol. The van der Waals surface area contributed by atoms with Crippen molar-refractivity contribution in [1.82, 2.24) is 34.6 Å². The fraction of sp³-hybridized carbons (Fsp3) is 0.267. The van der Waals surface area contributed by atoms with Crippen molar-refractivity contribution >= 4 is 11.9 Å². The van der Waals surface area contributed by atoms with E-state index in [4.69, 9.17) is 0 Å². The highest BCUT2D eigenvalue weighted by atomic mass is 16.1. The van der Waals surface area contributed by atoms with Gasteiger partial charge in [0.1, 0.15) is 12.4 Å². The van der Waals surface area contributed by atoms with E-state index < -0.39 is 0 Å². The first-order chi connectivity index (χ1) is 11.7. The molecule has 0 aliphatic heterocycles. The van der Waals surface area contributed by atoms with Gasteiger partial charge in [0.2, 0.25) is 11.9 Å². The molecule has 3 aromatic heterocycles. The highest BCUT2D eigenvalue weighted by molar-refractivity contribution is 5.75. The first kappa shape index (κ1) is 15.7. The minimum atomic E-state index is -0.108. The lowest BCUT2D eigenvalue weighted by molar-refractivity contribution is -0.121. The number of anilines is 1. The summed E-state index contributed by atoms with van der Waals surface area (Å²) in [4.78, 5) is 24.3. The second kappa shape index (κ2) is 6.90. The van der Waals surface area contributed by atoms with Crippen molar-refractivity contribution in [3.05, 3.63) is 37.2 Å². The van der Waals surface area contributed by atoms with Crippen LogP contribution in [0.3, 0.4) is 0 Å². The van der Waals surface area contributed by atoms with E-state index >= 15 is 0 Å². The molecule has 124 valence electrons. The Morgan fingerprint density at radius 2 is 2.00 bits per heavy atom. The molecule has 3 heterocycles. The van der Waals surface area contributed by atoms with Crippen LogP contribution in [-0.2, 0) is 11.3 Å². The summed E-state index contributed by atoms with van der Waals surface area (Å²) in [5.41, 5.74) is 1.60. The van der Waals surface area contributed by atoms with Crippen molar-refractivity contribution in [2.45, 2.75) is 13.5 Å². The molecule has 9 nitrogen and oxygen atoms in total. The maximum atomic E-state index is 11.4. The van der Waals surface area contributed by atoms with Crippen LogP contribution in [0.2, 0.25) is 0 Å². The average Bonchev–Trinajstić information content (AvgIpc) is 3.24. The number of carbonyl (C=O) groups excluding carboxylic acids is 1. The molecule has 3 aromatic rings. The lowest BCUT2D eigenvalue weighted by atomic mass is 10.3. The standard InChI is InChI=1S/C15H18N8O/c1-3-17-15-19-6-11(7-20-15)14-18-4-5-23(14)12-8-21-22(9-12)10-13(24)16-2/h4-9H,3,10H2,1-2H3,(H,16,24)(H,17,19,20). The van der Waals surface area contributed by atoms with Crippen LogP contribution in [0.5, 0.6) is 0 Å². The molecule has 0 aromatic carbocycles. The van der Waals surface area contributed by atoms with Crippen LogP contribution in [0.4, 0.5) is 5.95 Å². The highest BCUT2D eigenvalue weighted by Crippen LogP contribution is 2.20. The number of rotatable bonds is 6. The Labute approximate surface area is 138 Å². The van der Waals surface area contributed by atoms with Crippen LogP contribution >= 0.6 is 0 Å². The van der Waals surface area contributed by atoms with Crippen molar-refractivity contribution in [2.24, 2.45) is 0 Å². The maximum Gasteiger partial charge on any atom is 0.241 e. The molecule has 0 aliphatic carbocycles. The van der Waals surface area contributed by atoms with Crippen molar-refractivity contribution < 1.29 is 4.79 Å². The second-order valence-corrected chi connectivity index (χ2v) is 5.02. The van der Waals surface area contributed by atoms with Gasteiger partial charge < -0.3 is 10.6 Å². The zero-order valence-electron chi connectivity index (χ0n) is 13.5. The van der Waals surface area contributed by atoms with Crippen molar-refractivity contribution in [3.8, 4) is 17.1 Å². The summed E-state index contributed by atoms with van der Waals surface area (Å²) in [5.74, 6) is 1.18. The summed E-state index contributed by atoms with van der Waals surface area (Å²) in [6, 6.07) is 0. The predicted molar refractivity (Wildman–Crippen MR) is 88.6 cm³/mol. The van der Waals surface area contributed by atoms with Gasteiger partial charge in [0, 0.05) is 44.6 Å². The summed E-state index contributed by atoms with van der Waals surface area (Å²) >= 11 is 0. The first-order valence-corrected chi connectivity index (χ1v) is 7.54. The number of carbonyl (C=O) groups is 1. The van der Waals surface area contributed by atoms with E-state index in [1.54, 1.807) is 42.7 Å². The number of hydrogen-bond donors (Lipinski definition) is 2. The number of nitrogens with one attached hydrogen (secondary N) is 2. The average molecular weight is 326 g/mol. The topological polar surface area (TPSA) is 103 Å². The van der Waals surface area contributed by atoms with E-state index in [0.29, 0.717) is 11.8 Å². The molecule has 0 aliphatic rings. The van der Waals surface area contributed by atoms with Gasteiger partial charge in [0.25, 0.3) is 0 Å². The quantitative estimate of drug-likeness (QED) is 0.691. The Balaban J connectivity index is 1.86. The Hall–Kier alpha value is -3.23. The van der Waals surface area contributed by atoms with E-state index in [2.05, 4.69) is 30.7 Å². The third-order valence-electron chi connectivity index (χ3n) is 3.37. The fourth-order valence-electron chi connectivity index (χ4n) is 2.21. The van der Waals surface area contributed by atoms with Gasteiger partial charge in [0.15, 0.2) is 0 Å². The largest absolute Gasteiger partial charge is 0.358 e. The van der Waals surface area contributed by atoms with Gasteiger partial charge in [-0.15, -0.1) is 0 Å². The first-order valence-electron chi connectivity index (χ1n) is 7.54. The Bertz CT molecular complexity index is 820. The number of nitrogens with zero attached hydrogens (tertiary/aromatic N) is 6. The zero-order chi connectivity index (χ0) is 16.9. The molecule has 0 radical (unpaired) electrons. The molecule has 1 amide bonds. The summed E-state index contributed by atoms with van der Waals surface area (Å²) in [5, 5.41) is 9.82. The van der Waals surface area contributed by atoms with Crippen molar-refractivity contribution in [2.75, 3.05) is 18.9 Å². The van der Waals surface area contributed by atoms with Gasteiger partial charge in [-0.25, -0.2) is 15.0 Å². The normalized spacial score (nSPS) is 10.6. The smallest absolute Gasteiger partial charge is 0.241 e. The molecule has 0 unspecified atom stereocenters. The summed E-state index contributed by atoms with van der Waals surface area (Å²) in [7, 11) is 1.60. The van der Waals surface area contributed by atoms with Gasteiger partial charge in [-0.2, -0.15) is 5.10 Å². The van der Waals surface area contributed by atoms with Gasteiger partial charge in [-0.3, -0.25) is 14.0 Å². The van der Waals surface area contributed by atoms with Crippen molar-refractivity contribution in [1.29, 1.82) is 0 Å². The molecule has 0 saturated carbocycles. The van der Waals surface area contributed by atoms with Crippen LogP contribution in [0.25, 0.3) is 17.1 Å². The van der Waals surface area contributed by atoms with Gasteiger partial charge in [0.05, 0.1) is 17.4 Å². The predicted octanol–water partition coefficient (Wildman–Crippen LogP) is 0.704. The molecule has 2 N–H and O–H groups in total. The molecule has 9 heteroatoms. The third kappa shape index (κ3) is 3.24. The van der Waals surface area contributed by atoms with Crippen molar-refractivity contribution in [3.63, 3.8) is 0 Å². The Kier molecular flexibility index (Phi) is 4.50. The lowest BCUT2D eigenvalue weighted by Gasteiger charge is -2.06. The summed E-state index contributed by atoms with van der Waals surface area (Å²) in [6.45, 7) is 2.92. The van der Waals surface area contributed by atoms with Gasteiger partial charge in [-0.1, -0.05) is 0 Å². The number of amides is 1. The van der Waals surface area contributed by atoms with Crippen LogP contribution in [0.1, 0.15) is 6.92 Å². The number of likely N-dealkylation sites (N-methyl/N-ethyl adjacent to an activating group) is 1. The Morgan fingerprint density at radius 3 is 2.71 bits per heavy atom. The third-order valence-corrected chi connectivity index (χ3v) is 3.37. The number of hydrogen-bond acceptors (Lipinski definition) is 6. The van der Waals surface area contributed by atoms with Crippen LogP contribution in [0, 0.1) is 0 Å². The summed E-state index contributed by atoms with van der Waals surface area (Å²) in [6.07, 6.45) is 10.4. The van der Waals surface area contributed by atoms with Crippen LogP contribution in [-0.4, -0.2) is 48.8 Å². The minimum Gasteiger partial charge on any atom is -0.358 e. The Morgan fingerprint density at radius 1 is 1.21 bits per heavy atom. The number of aromatic nitrogens is 6. The lowest BCUT2D eigenvalue weighted by Crippen LogP contribution is -2.23. The van der Waals surface area contributed by atoms with E-state index in [1.165, 1.54) is 0 Å². The molecule has 0 atom stereocenters. The van der Waals surface area contributed by atoms with Crippen LogP contribution in [0.15, 0.2) is 37.2 Å². The van der Waals surface area contributed by atoms with E-state index in [0.717, 1.165) is 17.8 Å². The second-order valence-electron chi connectivity index (χ2n) is 5.02. The van der Waals surface area contributed by atoms with E-state index in [9.17, 15) is 4.79 Å². The minimum absolute atomic E-state index is 0.108. The molecule has 0 saturated heterocycles. The SMILES string of the molecule is CCNc1ncc(-c2nccn2-c2cnn(CC(=O)NC)c2)cn1. The van der Waals surface area contributed by atoms with Gasteiger partial charge >= 0.3 is 0 Å². The molecule has 0 spiro atoms. The highest BCUT2D eigenvalue weighted by Gasteiger charge is 2.11. The molecule has 3 rings (SSSR count). The molecular weight excluding hydrogens is 308 g/mol.